The van der Waals surface area contributed by atoms with Crippen LogP contribution in [0.25, 0.3) is 0 Å². The third-order valence-electron chi connectivity index (χ3n) is 2.54. The zero-order valence-electron chi connectivity index (χ0n) is 12.0. The van der Waals surface area contributed by atoms with Gasteiger partial charge in [0.15, 0.2) is 6.61 Å². The van der Waals surface area contributed by atoms with E-state index < -0.39 is 36.3 Å². The molecule has 4 N–H and O–H groups in total. The number of primary amides is 1. The molecule has 22 heavy (non-hydrogen) atoms. The molecule has 1 aromatic carbocycles. The van der Waals surface area contributed by atoms with Gasteiger partial charge in [-0.25, -0.2) is 4.79 Å². The molecule has 118 valence electrons. The van der Waals surface area contributed by atoms with Gasteiger partial charge in [-0.1, -0.05) is 18.2 Å². The smallest absolute Gasteiger partial charge is 0.328 e. The number of esters is 1. The van der Waals surface area contributed by atoms with E-state index in [9.17, 15) is 19.2 Å². The van der Waals surface area contributed by atoms with E-state index in [2.05, 4.69) is 10.6 Å². The number of rotatable bonds is 7. The fraction of sp³-hybridized carbons (Fsp3) is 0.286. The Balaban J connectivity index is 2.37. The van der Waals surface area contributed by atoms with Crippen LogP contribution in [0.5, 0.6) is 0 Å². The molecule has 8 heteroatoms. The van der Waals surface area contributed by atoms with Crippen molar-refractivity contribution < 1.29 is 23.9 Å². The molecule has 0 saturated heterocycles. The summed E-state index contributed by atoms with van der Waals surface area (Å²) in [5.74, 6) is -2.56. The van der Waals surface area contributed by atoms with Gasteiger partial charge in [0, 0.05) is 5.56 Å². The Kier molecular flexibility index (Phi) is 6.55. The van der Waals surface area contributed by atoms with Gasteiger partial charge >= 0.3 is 5.97 Å². The Morgan fingerprint density at radius 2 is 1.82 bits per heavy atom. The number of carbonyl (C=O) groups excluding carboxylic acids is 4. The maximum Gasteiger partial charge on any atom is 0.328 e. The van der Waals surface area contributed by atoms with Crippen molar-refractivity contribution in [1.29, 1.82) is 0 Å². The molecular weight excluding hydrogens is 290 g/mol. The molecular formula is C14H17N3O5. The molecule has 0 aliphatic heterocycles. The van der Waals surface area contributed by atoms with Crippen molar-refractivity contribution in [2.75, 3.05) is 13.2 Å². The summed E-state index contributed by atoms with van der Waals surface area (Å²) >= 11 is 0. The van der Waals surface area contributed by atoms with Crippen LogP contribution in [0.3, 0.4) is 0 Å². The summed E-state index contributed by atoms with van der Waals surface area (Å²) in [6, 6.07) is 7.44. The molecule has 1 aromatic rings. The summed E-state index contributed by atoms with van der Waals surface area (Å²) in [6.45, 7) is 0.541. The van der Waals surface area contributed by atoms with Gasteiger partial charge in [-0.2, -0.15) is 0 Å². The van der Waals surface area contributed by atoms with Gasteiger partial charge in [-0.05, 0) is 19.1 Å². The second kappa shape index (κ2) is 8.40. The summed E-state index contributed by atoms with van der Waals surface area (Å²) in [6.07, 6.45) is 0. The average Bonchev–Trinajstić information content (AvgIpc) is 2.51. The third-order valence-corrected chi connectivity index (χ3v) is 2.54. The first kappa shape index (κ1) is 17.2. The Labute approximate surface area is 127 Å². The van der Waals surface area contributed by atoms with Gasteiger partial charge in [0.1, 0.15) is 6.04 Å². The zero-order valence-corrected chi connectivity index (χ0v) is 12.0. The summed E-state index contributed by atoms with van der Waals surface area (Å²) in [7, 11) is 0. The second-order valence-corrected chi connectivity index (χ2v) is 4.41. The van der Waals surface area contributed by atoms with Gasteiger partial charge in [-0.3, -0.25) is 14.4 Å². The van der Waals surface area contributed by atoms with Gasteiger partial charge in [0.2, 0.25) is 5.91 Å². The number of amides is 3. The number of hydrogen-bond acceptors (Lipinski definition) is 5. The minimum atomic E-state index is -0.920. The Bertz CT molecular complexity index is 559. The van der Waals surface area contributed by atoms with E-state index in [1.165, 1.54) is 6.92 Å². The van der Waals surface area contributed by atoms with Crippen LogP contribution in [0, 0.1) is 0 Å². The molecule has 0 heterocycles. The van der Waals surface area contributed by atoms with Crippen LogP contribution in [0.4, 0.5) is 0 Å². The van der Waals surface area contributed by atoms with Gasteiger partial charge in [-0.15, -0.1) is 0 Å². The maximum atomic E-state index is 11.8. The van der Waals surface area contributed by atoms with Crippen molar-refractivity contribution in [3.8, 4) is 0 Å². The fourth-order valence-corrected chi connectivity index (χ4v) is 1.43. The minimum Gasteiger partial charge on any atom is -0.454 e. The van der Waals surface area contributed by atoms with Crippen LogP contribution in [0.1, 0.15) is 17.3 Å². The molecule has 3 amide bonds. The third kappa shape index (κ3) is 6.04. The lowest BCUT2D eigenvalue weighted by molar-refractivity contribution is -0.150. The number of nitrogens with one attached hydrogen (secondary N) is 2. The van der Waals surface area contributed by atoms with Crippen molar-refractivity contribution in [3.63, 3.8) is 0 Å². The first-order chi connectivity index (χ1) is 10.4. The second-order valence-electron chi connectivity index (χ2n) is 4.41. The lowest BCUT2D eigenvalue weighted by Gasteiger charge is -2.13. The number of nitrogens with two attached hydrogens (primary N) is 1. The molecule has 0 aliphatic rings. The monoisotopic (exact) mass is 307 g/mol. The fourth-order valence-electron chi connectivity index (χ4n) is 1.43. The van der Waals surface area contributed by atoms with E-state index >= 15 is 0 Å². The molecule has 0 bridgehead atoms. The highest BCUT2D eigenvalue weighted by molar-refractivity contribution is 5.96. The molecule has 0 radical (unpaired) electrons. The topological polar surface area (TPSA) is 128 Å². The number of benzene rings is 1. The predicted molar refractivity (Wildman–Crippen MR) is 76.5 cm³/mol. The molecule has 0 fully saturated rings. The van der Waals surface area contributed by atoms with Gasteiger partial charge in [0.25, 0.3) is 11.8 Å². The van der Waals surface area contributed by atoms with Gasteiger partial charge in [0.05, 0.1) is 6.54 Å². The van der Waals surface area contributed by atoms with Crippen molar-refractivity contribution >= 4 is 23.7 Å². The maximum absolute atomic E-state index is 11.8. The quantitative estimate of drug-likeness (QED) is 0.554. The molecule has 0 spiro atoms. The number of hydrogen-bond donors (Lipinski definition) is 3. The summed E-state index contributed by atoms with van der Waals surface area (Å²) < 4.78 is 4.72. The standard InChI is InChI=1S/C14H17N3O5/c1-9(17-13(20)10-5-3-2-4-6-10)14(21)22-8-12(19)16-7-11(15)18/h2-6,9H,7-8H2,1H3,(H2,15,18)(H,16,19)(H,17,20)/t9-/m0/s1. The van der Waals surface area contributed by atoms with E-state index in [4.69, 9.17) is 10.5 Å². The average molecular weight is 307 g/mol. The molecule has 0 aliphatic carbocycles. The van der Waals surface area contributed by atoms with Crippen LogP contribution < -0.4 is 16.4 Å². The lowest BCUT2D eigenvalue weighted by atomic mass is 10.2. The van der Waals surface area contributed by atoms with Crippen molar-refractivity contribution in [1.82, 2.24) is 10.6 Å². The summed E-state index contributed by atoms with van der Waals surface area (Å²) in [5, 5.41) is 4.62. The Morgan fingerprint density at radius 1 is 1.18 bits per heavy atom. The highest BCUT2D eigenvalue weighted by atomic mass is 16.5. The zero-order chi connectivity index (χ0) is 16.5. The summed E-state index contributed by atoms with van der Waals surface area (Å²) in [5.41, 5.74) is 5.25. The minimum absolute atomic E-state index is 0.337. The SMILES string of the molecule is C[C@H](NC(=O)c1ccccc1)C(=O)OCC(=O)NCC(N)=O. The highest BCUT2D eigenvalue weighted by Crippen LogP contribution is 1.99. The van der Waals surface area contributed by atoms with E-state index in [0.29, 0.717) is 5.56 Å². The first-order valence-corrected chi connectivity index (χ1v) is 6.47. The molecule has 8 nitrogen and oxygen atoms in total. The Hall–Kier alpha value is -2.90. The molecule has 0 unspecified atom stereocenters. The van der Waals surface area contributed by atoms with Crippen LogP contribution >= 0.6 is 0 Å². The molecule has 0 saturated carbocycles. The number of ether oxygens (including phenoxy) is 1. The molecule has 1 atom stereocenters. The molecule has 1 rings (SSSR count). The highest BCUT2D eigenvalue weighted by Gasteiger charge is 2.18. The van der Waals surface area contributed by atoms with Gasteiger partial charge < -0.3 is 21.1 Å². The summed E-state index contributed by atoms with van der Waals surface area (Å²) in [4.78, 5) is 45.2. The van der Waals surface area contributed by atoms with Crippen molar-refractivity contribution in [2.24, 2.45) is 5.73 Å². The van der Waals surface area contributed by atoms with Crippen molar-refractivity contribution in [2.45, 2.75) is 13.0 Å². The lowest BCUT2D eigenvalue weighted by Crippen LogP contribution is -2.41. The predicted octanol–water partition coefficient (Wildman–Crippen LogP) is -1.05. The van der Waals surface area contributed by atoms with Crippen LogP contribution in [-0.4, -0.2) is 42.9 Å². The van der Waals surface area contributed by atoms with Crippen molar-refractivity contribution in [3.05, 3.63) is 35.9 Å². The first-order valence-electron chi connectivity index (χ1n) is 6.47. The Morgan fingerprint density at radius 3 is 2.41 bits per heavy atom. The van der Waals surface area contributed by atoms with Crippen LogP contribution in [0.2, 0.25) is 0 Å². The van der Waals surface area contributed by atoms with E-state index in [1.807, 2.05) is 0 Å². The van der Waals surface area contributed by atoms with E-state index in [1.54, 1.807) is 30.3 Å². The normalized spacial score (nSPS) is 11.1. The van der Waals surface area contributed by atoms with Crippen LogP contribution in [0.15, 0.2) is 30.3 Å². The molecule has 0 aromatic heterocycles. The van der Waals surface area contributed by atoms with Crippen LogP contribution in [-0.2, 0) is 19.1 Å². The number of carbonyl (C=O) groups is 4. The largest absolute Gasteiger partial charge is 0.454 e. The van der Waals surface area contributed by atoms with E-state index in [0.717, 1.165) is 0 Å². The van der Waals surface area contributed by atoms with E-state index in [-0.39, 0.29) is 6.54 Å².